The maximum Gasteiger partial charge on any atom is 0.337 e. The van der Waals surface area contributed by atoms with E-state index in [0.717, 1.165) is 0 Å². The molecule has 1 heterocycles. The quantitative estimate of drug-likeness (QED) is 0.436. The molecule has 29 heavy (non-hydrogen) atoms. The molecule has 9 nitrogen and oxygen atoms in total. The monoisotopic (exact) mass is 394 g/mol. The molecule has 0 aliphatic rings. The highest BCUT2D eigenvalue weighted by molar-refractivity contribution is 6.06. The zero-order valence-electron chi connectivity index (χ0n) is 15.4. The number of anilines is 2. The number of carboxylic acid groups (broad SMARTS) is 1. The third kappa shape index (κ3) is 4.35. The summed E-state index contributed by atoms with van der Waals surface area (Å²) in [6, 6.07) is 12.7. The molecule has 148 valence electrons. The SMILES string of the molecule is COc1ccc(NC(=O)Nc2ccc(-c3c(C(=O)O)c[nH]c3C(N)=O)cc2)cc1. The van der Waals surface area contributed by atoms with Gasteiger partial charge in [-0.15, -0.1) is 0 Å². The van der Waals surface area contributed by atoms with Gasteiger partial charge in [0.2, 0.25) is 0 Å². The lowest BCUT2D eigenvalue weighted by atomic mass is 10.0. The van der Waals surface area contributed by atoms with Crippen LogP contribution in [0.3, 0.4) is 0 Å². The number of benzene rings is 2. The predicted molar refractivity (Wildman–Crippen MR) is 107 cm³/mol. The van der Waals surface area contributed by atoms with Gasteiger partial charge in [-0.1, -0.05) is 12.1 Å². The number of amides is 3. The fraction of sp³-hybridized carbons (Fsp3) is 0.0500. The third-order valence-electron chi connectivity index (χ3n) is 4.14. The van der Waals surface area contributed by atoms with Gasteiger partial charge in [0, 0.05) is 23.1 Å². The smallest absolute Gasteiger partial charge is 0.337 e. The van der Waals surface area contributed by atoms with Crippen molar-refractivity contribution in [2.75, 3.05) is 17.7 Å². The number of aromatic amines is 1. The van der Waals surface area contributed by atoms with E-state index in [9.17, 15) is 19.5 Å². The topological polar surface area (TPSA) is 147 Å². The Kier molecular flexibility index (Phi) is 5.49. The predicted octanol–water partition coefficient (Wildman–Crippen LogP) is 3.13. The average Bonchev–Trinajstić information content (AvgIpc) is 3.15. The fourth-order valence-electron chi connectivity index (χ4n) is 2.77. The first-order chi connectivity index (χ1) is 13.9. The maximum atomic E-state index is 12.1. The number of carbonyl (C=O) groups excluding carboxylic acids is 2. The Morgan fingerprint density at radius 1 is 0.966 bits per heavy atom. The number of nitrogens with one attached hydrogen (secondary N) is 3. The number of rotatable bonds is 6. The highest BCUT2D eigenvalue weighted by Gasteiger charge is 2.21. The summed E-state index contributed by atoms with van der Waals surface area (Å²) in [4.78, 5) is 37.7. The molecule has 0 aliphatic carbocycles. The van der Waals surface area contributed by atoms with Crippen molar-refractivity contribution in [1.29, 1.82) is 0 Å². The van der Waals surface area contributed by atoms with Crippen LogP contribution in [0, 0.1) is 0 Å². The van der Waals surface area contributed by atoms with Crippen molar-refractivity contribution in [3.8, 4) is 16.9 Å². The second-order valence-electron chi connectivity index (χ2n) is 6.01. The molecule has 0 bridgehead atoms. The highest BCUT2D eigenvalue weighted by atomic mass is 16.5. The van der Waals surface area contributed by atoms with Gasteiger partial charge in [0.05, 0.1) is 12.7 Å². The third-order valence-corrected chi connectivity index (χ3v) is 4.14. The molecule has 0 radical (unpaired) electrons. The molecule has 3 amide bonds. The Bertz CT molecular complexity index is 1020. The lowest BCUT2D eigenvalue weighted by molar-refractivity contribution is 0.0697. The van der Waals surface area contributed by atoms with Crippen LogP contribution in [0.2, 0.25) is 0 Å². The van der Waals surface area contributed by atoms with Gasteiger partial charge in [-0.2, -0.15) is 0 Å². The van der Waals surface area contributed by atoms with Gasteiger partial charge < -0.3 is 31.2 Å². The van der Waals surface area contributed by atoms with E-state index in [0.29, 0.717) is 22.7 Å². The minimum Gasteiger partial charge on any atom is -0.497 e. The number of methoxy groups -OCH3 is 1. The molecular formula is C20H18N4O5. The summed E-state index contributed by atoms with van der Waals surface area (Å²) in [7, 11) is 1.55. The minimum atomic E-state index is -1.19. The van der Waals surface area contributed by atoms with Crippen LogP contribution in [0.5, 0.6) is 5.75 Å². The molecule has 9 heteroatoms. The second-order valence-corrected chi connectivity index (χ2v) is 6.01. The summed E-state index contributed by atoms with van der Waals surface area (Å²) in [6.45, 7) is 0. The zero-order chi connectivity index (χ0) is 21.0. The van der Waals surface area contributed by atoms with Crippen LogP contribution in [0.15, 0.2) is 54.7 Å². The normalized spacial score (nSPS) is 10.2. The van der Waals surface area contributed by atoms with Crippen molar-refractivity contribution in [3.63, 3.8) is 0 Å². The molecule has 0 spiro atoms. The van der Waals surface area contributed by atoms with E-state index in [4.69, 9.17) is 10.5 Å². The standard InChI is InChI=1S/C20H18N4O5/c1-29-14-8-6-13(7-9-14)24-20(28)23-12-4-2-11(3-5-12)16-15(19(26)27)10-22-17(16)18(21)25/h2-10,22H,1H3,(H2,21,25)(H,26,27)(H2,23,24,28). The Morgan fingerprint density at radius 3 is 2.00 bits per heavy atom. The van der Waals surface area contributed by atoms with E-state index in [-0.39, 0.29) is 16.8 Å². The lowest BCUT2D eigenvalue weighted by Gasteiger charge is -2.09. The van der Waals surface area contributed by atoms with E-state index in [1.54, 1.807) is 55.6 Å². The Balaban J connectivity index is 1.75. The van der Waals surface area contributed by atoms with E-state index in [1.165, 1.54) is 6.20 Å². The summed E-state index contributed by atoms with van der Waals surface area (Å²) in [5, 5.41) is 14.7. The number of carboxylic acids is 1. The molecule has 1 aromatic heterocycles. The van der Waals surface area contributed by atoms with Crippen molar-refractivity contribution < 1.29 is 24.2 Å². The Morgan fingerprint density at radius 2 is 1.52 bits per heavy atom. The van der Waals surface area contributed by atoms with Crippen molar-refractivity contribution in [2.24, 2.45) is 5.73 Å². The molecule has 3 rings (SSSR count). The highest BCUT2D eigenvalue weighted by Crippen LogP contribution is 2.29. The van der Waals surface area contributed by atoms with E-state index in [1.807, 2.05) is 0 Å². The Labute approximate surface area is 165 Å². The van der Waals surface area contributed by atoms with E-state index < -0.39 is 17.9 Å². The molecule has 6 N–H and O–H groups in total. The number of carbonyl (C=O) groups is 3. The molecule has 0 fully saturated rings. The van der Waals surface area contributed by atoms with Crippen LogP contribution >= 0.6 is 0 Å². The van der Waals surface area contributed by atoms with Crippen molar-refractivity contribution >= 4 is 29.3 Å². The number of H-pyrrole nitrogens is 1. The first-order valence-corrected chi connectivity index (χ1v) is 8.46. The summed E-state index contributed by atoms with van der Waals surface area (Å²) in [5.74, 6) is -1.29. The number of nitrogens with two attached hydrogens (primary N) is 1. The van der Waals surface area contributed by atoms with Crippen LogP contribution < -0.4 is 21.1 Å². The number of hydrogen-bond donors (Lipinski definition) is 5. The Hall–Kier alpha value is -4.27. The molecule has 0 saturated carbocycles. The number of ether oxygens (including phenoxy) is 1. The second kappa shape index (κ2) is 8.17. The van der Waals surface area contributed by atoms with Crippen LogP contribution in [0.25, 0.3) is 11.1 Å². The summed E-state index contributed by atoms with van der Waals surface area (Å²) in [6.07, 6.45) is 1.21. The minimum absolute atomic E-state index is 0.000331. The van der Waals surface area contributed by atoms with Crippen LogP contribution in [0.1, 0.15) is 20.8 Å². The van der Waals surface area contributed by atoms with Crippen molar-refractivity contribution in [2.45, 2.75) is 0 Å². The number of primary amides is 1. The number of aromatic carboxylic acids is 1. The molecule has 2 aromatic carbocycles. The molecular weight excluding hydrogens is 376 g/mol. The van der Waals surface area contributed by atoms with Crippen molar-refractivity contribution in [3.05, 3.63) is 66.0 Å². The van der Waals surface area contributed by atoms with Crippen molar-refractivity contribution in [1.82, 2.24) is 4.98 Å². The zero-order valence-corrected chi connectivity index (χ0v) is 15.4. The molecule has 0 saturated heterocycles. The maximum absolute atomic E-state index is 12.1. The van der Waals surface area contributed by atoms with Gasteiger partial charge in [-0.25, -0.2) is 9.59 Å². The van der Waals surface area contributed by atoms with Gasteiger partial charge >= 0.3 is 12.0 Å². The first kappa shape index (κ1) is 19.5. The first-order valence-electron chi connectivity index (χ1n) is 8.46. The largest absolute Gasteiger partial charge is 0.497 e. The summed E-state index contributed by atoms with van der Waals surface area (Å²) >= 11 is 0. The molecule has 3 aromatic rings. The van der Waals surface area contributed by atoms with Gasteiger partial charge in [-0.3, -0.25) is 4.79 Å². The number of hydrogen-bond acceptors (Lipinski definition) is 4. The van der Waals surface area contributed by atoms with Crippen LogP contribution in [-0.2, 0) is 0 Å². The lowest BCUT2D eigenvalue weighted by Crippen LogP contribution is -2.19. The van der Waals surface area contributed by atoms with E-state index in [2.05, 4.69) is 15.6 Å². The van der Waals surface area contributed by atoms with Gasteiger partial charge in [0.25, 0.3) is 5.91 Å². The van der Waals surface area contributed by atoms with E-state index >= 15 is 0 Å². The summed E-state index contributed by atoms with van der Waals surface area (Å²) < 4.78 is 5.06. The average molecular weight is 394 g/mol. The van der Waals surface area contributed by atoms with Gasteiger partial charge in [0.15, 0.2) is 0 Å². The molecule has 0 unspecified atom stereocenters. The molecule has 0 atom stereocenters. The number of urea groups is 1. The van der Waals surface area contributed by atoms with Crippen LogP contribution in [-0.4, -0.2) is 35.1 Å². The van der Waals surface area contributed by atoms with Gasteiger partial charge in [-0.05, 0) is 42.0 Å². The summed E-state index contributed by atoms with van der Waals surface area (Å²) in [5.41, 5.74) is 6.98. The number of aromatic nitrogens is 1. The fourth-order valence-corrected chi connectivity index (χ4v) is 2.77. The van der Waals surface area contributed by atoms with Crippen LogP contribution in [0.4, 0.5) is 16.2 Å². The van der Waals surface area contributed by atoms with Gasteiger partial charge in [0.1, 0.15) is 11.4 Å². The molecule has 0 aliphatic heterocycles.